The van der Waals surface area contributed by atoms with Crippen molar-refractivity contribution in [3.8, 4) is 5.75 Å². The van der Waals surface area contributed by atoms with E-state index in [2.05, 4.69) is 4.72 Å². The smallest absolute Gasteiger partial charge is 0.241 e. The van der Waals surface area contributed by atoms with E-state index in [0.29, 0.717) is 6.54 Å². The van der Waals surface area contributed by atoms with E-state index in [0.717, 1.165) is 0 Å². The van der Waals surface area contributed by atoms with Crippen molar-refractivity contribution in [2.75, 3.05) is 13.6 Å². The summed E-state index contributed by atoms with van der Waals surface area (Å²) in [6.45, 7) is 3.80. The van der Waals surface area contributed by atoms with E-state index in [9.17, 15) is 13.2 Å². The quantitative estimate of drug-likeness (QED) is 0.827. The van der Waals surface area contributed by atoms with E-state index in [-0.39, 0.29) is 16.6 Å². The van der Waals surface area contributed by atoms with Crippen LogP contribution in [0.1, 0.15) is 13.8 Å². The topological polar surface area (TPSA) is 86.7 Å². The third-order valence-corrected chi connectivity index (χ3v) is 4.26. The van der Waals surface area contributed by atoms with Crippen LogP contribution < -0.4 is 4.72 Å². The van der Waals surface area contributed by atoms with Crippen LogP contribution in [-0.4, -0.2) is 44.0 Å². The highest BCUT2D eigenvalue weighted by molar-refractivity contribution is 7.89. The number of sulfonamides is 1. The zero-order valence-electron chi connectivity index (χ0n) is 11.1. The first-order valence-electron chi connectivity index (χ1n) is 5.84. The number of hydrogen-bond acceptors (Lipinski definition) is 4. The average molecular weight is 286 g/mol. The lowest BCUT2D eigenvalue weighted by atomic mass is 10.3. The number of nitrogens with one attached hydrogen (secondary N) is 1. The highest BCUT2D eigenvalue weighted by Crippen LogP contribution is 2.14. The third-order valence-electron chi connectivity index (χ3n) is 2.70. The molecule has 0 saturated heterocycles. The first kappa shape index (κ1) is 15.5. The molecule has 0 saturated carbocycles. The van der Waals surface area contributed by atoms with Crippen molar-refractivity contribution >= 4 is 15.9 Å². The number of rotatable bonds is 5. The maximum atomic E-state index is 12.0. The molecule has 6 nitrogen and oxygen atoms in total. The summed E-state index contributed by atoms with van der Waals surface area (Å²) in [5.41, 5.74) is 0. The number of hydrogen-bond donors (Lipinski definition) is 2. The van der Waals surface area contributed by atoms with Crippen molar-refractivity contribution in [1.29, 1.82) is 0 Å². The lowest BCUT2D eigenvalue weighted by Gasteiger charge is -2.20. The van der Waals surface area contributed by atoms with Crippen molar-refractivity contribution in [3.63, 3.8) is 0 Å². The first-order chi connectivity index (χ1) is 8.77. The van der Waals surface area contributed by atoms with Crippen LogP contribution in [0.4, 0.5) is 0 Å². The highest BCUT2D eigenvalue weighted by Gasteiger charge is 2.23. The van der Waals surface area contributed by atoms with E-state index < -0.39 is 16.1 Å². The maximum absolute atomic E-state index is 12.0. The predicted octanol–water partition coefficient (Wildman–Crippen LogP) is 0.537. The number of nitrogens with zero attached hydrogens (tertiary/aromatic N) is 1. The Morgan fingerprint density at radius 1 is 1.37 bits per heavy atom. The molecule has 0 radical (unpaired) electrons. The fourth-order valence-electron chi connectivity index (χ4n) is 1.46. The summed E-state index contributed by atoms with van der Waals surface area (Å²) in [7, 11) is -2.17. The van der Waals surface area contributed by atoms with Crippen LogP contribution in [0.5, 0.6) is 5.75 Å². The van der Waals surface area contributed by atoms with Gasteiger partial charge in [0, 0.05) is 13.6 Å². The fourth-order valence-corrected chi connectivity index (χ4v) is 2.66. The Kier molecular flexibility index (Phi) is 4.90. The van der Waals surface area contributed by atoms with Crippen molar-refractivity contribution in [1.82, 2.24) is 9.62 Å². The van der Waals surface area contributed by atoms with Gasteiger partial charge >= 0.3 is 0 Å². The van der Waals surface area contributed by atoms with Crippen LogP contribution in [0.3, 0.4) is 0 Å². The van der Waals surface area contributed by atoms with Crippen LogP contribution in [0.15, 0.2) is 29.2 Å². The molecule has 1 rings (SSSR count). The van der Waals surface area contributed by atoms with Gasteiger partial charge in [0.2, 0.25) is 15.9 Å². The Balaban J connectivity index is 2.86. The van der Waals surface area contributed by atoms with Crippen molar-refractivity contribution in [3.05, 3.63) is 24.3 Å². The molecule has 1 aromatic carbocycles. The van der Waals surface area contributed by atoms with Crippen LogP contribution in [-0.2, 0) is 14.8 Å². The number of carbonyl (C=O) groups is 1. The Hall–Kier alpha value is -1.60. The predicted molar refractivity (Wildman–Crippen MR) is 71.2 cm³/mol. The summed E-state index contributed by atoms with van der Waals surface area (Å²) in [4.78, 5) is 13.2. The Morgan fingerprint density at radius 3 is 2.37 bits per heavy atom. The molecule has 2 N–H and O–H groups in total. The van der Waals surface area contributed by atoms with Gasteiger partial charge in [-0.1, -0.05) is 0 Å². The molecule has 0 aromatic heterocycles. The minimum Gasteiger partial charge on any atom is -0.508 e. The van der Waals surface area contributed by atoms with Crippen LogP contribution >= 0.6 is 0 Å². The fraction of sp³-hybridized carbons (Fsp3) is 0.417. The second-order valence-corrected chi connectivity index (χ2v) is 5.90. The Morgan fingerprint density at radius 2 is 1.89 bits per heavy atom. The van der Waals surface area contributed by atoms with Gasteiger partial charge in [-0.25, -0.2) is 8.42 Å². The Labute approximate surface area is 113 Å². The molecular formula is C12H18N2O4S. The van der Waals surface area contributed by atoms with Gasteiger partial charge in [0.1, 0.15) is 5.75 Å². The number of likely N-dealkylation sites (N-methyl/N-ethyl adjacent to an activating group) is 1. The first-order valence-corrected chi connectivity index (χ1v) is 7.32. The van der Waals surface area contributed by atoms with Crippen molar-refractivity contribution in [2.24, 2.45) is 0 Å². The van der Waals surface area contributed by atoms with E-state index in [4.69, 9.17) is 5.11 Å². The third kappa shape index (κ3) is 3.93. The standard InChI is InChI=1S/C12H18N2O4S/c1-4-14(3)12(16)9(2)13-19(17,18)11-7-5-10(15)6-8-11/h5-9,13,15H,4H2,1-3H3. The summed E-state index contributed by atoms with van der Waals surface area (Å²) in [6, 6.07) is 4.26. The van der Waals surface area contributed by atoms with Gasteiger partial charge in [-0.2, -0.15) is 4.72 Å². The molecule has 0 spiro atoms. The summed E-state index contributed by atoms with van der Waals surface area (Å²) in [5, 5.41) is 9.12. The Bertz CT molecular complexity index is 539. The van der Waals surface area contributed by atoms with Gasteiger partial charge in [-0.15, -0.1) is 0 Å². The number of benzene rings is 1. The van der Waals surface area contributed by atoms with Crippen LogP contribution in [0.25, 0.3) is 0 Å². The zero-order chi connectivity index (χ0) is 14.6. The highest BCUT2D eigenvalue weighted by atomic mass is 32.2. The van der Waals surface area contributed by atoms with E-state index >= 15 is 0 Å². The molecule has 1 atom stereocenters. The minimum absolute atomic E-state index is 0.00380. The molecular weight excluding hydrogens is 268 g/mol. The zero-order valence-corrected chi connectivity index (χ0v) is 11.9. The number of phenols is 1. The van der Waals surface area contributed by atoms with Gasteiger partial charge in [0.15, 0.2) is 0 Å². The molecule has 1 unspecified atom stereocenters. The molecule has 7 heteroatoms. The molecule has 0 aliphatic rings. The van der Waals surface area contributed by atoms with E-state index in [1.165, 1.54) is 36.1 Å². The summed E-state index contributed by atoms with van der Waals surface area (Å²) in [5.74, 6) is -0.321. The molecule has 0 bridgehead atoms. The van der Waals surface area contributed by atoms with E-state index in [1.807, 2.05) is 0 Å². The SMILES string of the molecule is CCN(C)C(=O)C(C)NS(=O)(=O)c1ccc(O)cc1. The summed E-state index contributed by atoms with van der Waals surface area (Å²) in [6.07, 6.45) is 0. The second kappa shape index (κ2) is 6.03. The lowest BCUT2D eigenvalue weighted by molar-refractivity contribution is -0.131. The minimum atomic E-state index is -3.77. The molecule has 106 valence electrons. The van der Waals surface area contributed by atoms with Gasteiger partial charge < -0.3 is 10.0 Å². The van der Waals surface area contributed by atoms with Gasteiger partial charge in [-0.3, -0.25) is 4.79 Å². The number of phenolic OH excluding ortho intramolecular Hbond substituents is 1. The molecule has 1 aromatic rings. The summed E-state index contributed by atoms with van der Waals surface area (Å²) < 4.78 is 26.3. The molecule has 0 aliphatic carbocycles. The molecule has 19 heavy (non-hydrogen) atoms. The normalized spacial score (nSPS) is 13.0. The molecule has 1 amide bonds. The monoisotopic (exact) mass is 286 g/mol. The van der Waals surface area contributed by atoms with Crippen LogP contribution in [0.2, 0.25) is 0 Å². The summed E-state index contributed by atoms with van der Waals surface area (Å²) >= 11 is 0. The molecule has 0 fully saturated rings. The lowest BCUT2D eigenvalue weighted by Crippen LogP contribution is -2.45. The second-order valence-electron chi connectivity index (χ2n) is 4.19. The number of aromatic hydroxyl groups is 1. The van der Waals surface area contributed by atoms with Gasteiger partial charge in [-0.05, 0) is 38.1 Å². The van der Waals surface area contributed by atoms with Crippen molar-refractivity contribution < 1.29 is 18.3 Å². The van der Waals surface area contributed by atoms with Gasteiger partial charge in [0.05, 0.1) is 10.9 Å². The maximum Gasteiger partial charge on any atom is 0.241 e. The average Bonchev–Trinajstić information content (AvgIpc) is 2.36. The largest absolute Gasteiger partial charge is 0.508 e. The van der Waals surface area contributed by atoms with E-state index in [1.54, 1.807) is 14.0 Å². The van der Waals surface area contributed by atoms with Crippen molar-refractivity contribution in [2.45, 2.75) is 24.8 Å². The number of amides is 1. The molecule has 0 heterocycles. The number of carbonyl (C=O) groups excluding carboxylic acids is 1. The molecule has 0 aliphatic heterocycles. The van der Waals surface area contributed by atoms with Gasteiger partial charge in [0.25, 0.3) is 0 Å². The van der Waals surface area contributed by atoms with Crippen LogP contribution in [0, 0.1) is 0 Å².